The van der Waals surface area contributed by atoms with Crippen molar-refractivity contribution in [2.24, 2.45) is 5.41 Å². The third-order valence-electron chi connectivity index (χ3n) is 3.22. The minimum Gasteiger partial charge on any atom is -0.482 e. The van der Waals surface area contributed by atoms with Crippen LogP contribution in [0.15, 0.2) is 24.3 Å². The highest BCUT2D eigenvalue weighted by Gasteiger charge is 2.29. The van der Waals surface area contributed by atoms with Crippen LogP contribution in [0.1, 0.15) is 27.2 Å². The Kier molecular flexibility index (Phi) is 6.62. The predicted octanol–water partition coefficient (Wildman–Crippen LogP) is 3.51. The fraction of sp³-hybridized carbons (Fsp3) is 0.500. The van der Waals surface area contributed by atoms with E-state index in [1.807, 2.05) is 6.92 Å². The van der Waals surface area contributed by atoms with Crippen molar-refractivity contribution in [1.82, 2.24) is 0 Å². The molecule has 0 aliphatic rings. The van der Waals surface area contributed by atoms with E-state index in [1.165, 1.54) is 24.3 Å². The summed E-state index contributed by atoms with van der Waals surface area (Å²) < 4.78 is 49.8. The SMILES string of the molecule is CCC(C)(C)C(=O)Oc1ccc(OCC(=O)OCC(F)(F)F)cc1. The molecule has 1 rings (SSSR count). The normalized spacial score (nSPS) is 11.8. The quantitative estimate of drug-likeness (QED) is 0.557. The van der Waals surface area contributed by atoms with Crippen LogP contribution in [0.4, 0.5) is 13.2 Å². The zero-order chi connectivity index (χ0) is 18.4. The number of ether oxygens (including phenoxy) is 3. The fourth-order valence-electron chi connectivity index (χ4n) is 1.34. The molecular formula is C16H19F3O5. The summed E-state index contributed by atoms with van der Waals surface area (Å²) in [4.78, 5) is 23.0. The first-order chi connectivity index (χ1) is 11.0. The van der Waals surface area contributed by atoms with Crippen molar-refractivity contribution < 1.29 is 37.0 Å². The average molecular weight is 348 g/mol. The molecule has 8 heteroatoms. The molecule has 0 N–H and O–H groups in total. The maximum absolute atomic E-state index is 11.9. The van der Waals surface area contributed by atoms with Gasteiger partial charge in [0.2, 0.25) is 0 Å². The number of carbonyl (C=O) groups excluding carboxylic acids is 2. The first kappa shape index (κ1) is 19.8. The summed E-state index contributed by atoms with van der Waals surface area (Å²) in [6.45, 7) is 3.09. The molecule has 0 radical (unpaired) electrons. The molecule has 0 saturated heterocycles. The van der Waals surface area contributed by atoms with Gasteiger partial charge in [0.25, 0.3) is 0 Å². The highest BCUT2D eigenvalue weighted by molar-refractivity contribution is 5.78. The second-order valence-electron chi connectivity index (χ2n) is 5.66. The number of esters is 2. The number of hydrogen-bond donors (Lipinski definition) is 0. The predicted molar refractivity (Wildman–Crippen MR) is 78.7 cm³/mol. The van der Waals surface area contributed by atoms with Crippen molar-refractivity contribution in [3.8, 4) is 11.5 Å². The molecule has 0 unspecified atom stereocenters. The second kappa shape index (κ2) is 8.03. The van der Waals surface area contributed by atoms with E-state index in [0.29, 0.717) is 12.2 Å². The van der Waals surface area contributed by atoms with Crippen LogP contribution in [0.2, 0.25) is 0 Å². The molecule has 1 aromatic rings. The van der Waals surface area contributed by atoms with Crippen LogP contribution in [0.3, 0.4) is 0 Å². The summed E-state index contributed by atoms with van der Waals surface area (Å²) >= 11 is 0. The third kappa shape index (κ3) is 6.89. The molecule has 0 atom stereocenters. The van der Waals surface area contributed by atoms with Crippen molar-refractivity contribution in [2.45, 2.75) is 33.4 Å². The number of rotatable bonds is 7. The van der Waals surface area contributed by atoms with Crippen LogP contribution in [0.25, 0.3) is 0 Å². The van der Waals surface area contributed by atoms with Gasteiger partial charge in [0, 0.05) is 0 Å². The van der Waals surface area contributed by atoms with Gasteiger partial charge < -0.3 is 14.2 Å². The van der Waals surface area contributed by atoms with Crippen molar-refractivity contribution in [1.29, 1.82) is 0 Å². The summed E-state index contributed by atoms with van der Waals surface area (Å²) in [7, 11) is 0. The molecule has 0 aliphatic carbocycles. The molecule has 0 saturated carbocycles. The van der Waals surface area contributed by atoms with E-state index in [-0.39, 0.29) is 11.7 Å². The van der Waals surface area contributed by atoms with E-state index in [9.17, 15) is 22.8 Å². The Morgan fingerprint density at radius 3 is 2.08 bits per heavy atom. The minimum atomic E-state index is -4.58. The second-order valence-corrected chi connectivity index (χ2v) is 5.66. The minimum absolute atomic E-state index is 0.230. The van der Waals surface area contributed by atoms with Gasteiger partial charge in [0.1, 0.15) is 11.5 Å². The molecular weight excluding hydrogens is 329 g/mol. The summed E-state index contributed by atoms with van der Waals surface area (Å²) in [6.07, 6.45) is -3.96. The number of alkyl halides is 3. The Morgan fingerprint density at radius 2 is 1.58 bits per heavy atom. The van der Waals surface area contributed by atoms with Gasteiger partial charge in [0.05, 0.1) is 5.41 Å². The lowest BCUT2D eigenvalue weighted by Crippen LogP contribution is -2.28. The van der Waals surface area contributed by atoms with Crippen molar-refractivity contribution in [2.75, 3.05) is 13.2 Å². The van der Waals surface area contributed by atoms with Gasteiger partial charge in [-0.2, -0.15) is 13.2 Å². The Hall–Kier alpha value is -2.25. The Balaban J connectivity index is 2.48. The lowest BCUT2D eigenvalue weighted by molar-refractivity contribution is -0.187. The van der Waals surface area contributed by atoms with Gasteiger partial charge in [-0.15, -0.1) is 0 Å². The largest absolute Gasteiger partial charge is 0.482 e. The Bertz CT molecular complexity index is 564. The summed E-state index contributed by atoms with van der Waals surface area (Å²) in [6, 6.07) is 5.78. The standard InChI is InChI=1S/C16H19F3O5/c1-4-15(2,3)14(21)24-12-7-5-11(6-8-12)22-9-13(20)23-10-16(17,18)19/h5-8H,4,9-10H2,1-3H3. The lowest BCUT2D eigenvalue weighted by atomic mass is 9.91. The summed E-state index contributed by atoms with van der Waals surface area (Å²) in [5, 5.41) is 0. The molecule has 0 amide bonds. The van der Waals surface area contributed by atoms with Crippen LogP contribution < -0.4 is 9.47 Å². The van der Waals surface area contributed by atoms with Crippen LogP contribution in [0.5, 0.6) is 11.5 Å². The lowest BCUT2D eigenvalue weighted by Gasteiger charge is -2.20. The van der Waals surface area contributed by atoms with Gasteiger partial charge in [0.15, 0.2) is 13.2 Å². The molecule has 0 aliphatic heterocycles. The van der Waals surface area contributed by atoms with E-state index >= 15 is 0 Å². The summed E-state index contributed by atoms with van der Waals surface area (Å²) in [5.41, 5.74) is -0.614. The summed E-state index contributed by atoms with van der Waals surface area (Å²) in [5.74, 6) is -0.982. The van der Waals surface area contributed by atoms with E-state index < -0.39 is 30.8 Å². The third-order valence-corrected chi connectivity index (χ3v) is 3.22. The highest BCUT2D eigenvalue weighted by Crippen LogP contribution is 2.25. The van der Waals surface area contributed by atoms with E-state index in [4.69, 9.17) is 9.47 Å². The van der Waals surface area contributed by atoms with Gasteiger partial charge >= 0.3 is 18.1 Å². The van der Waals surface area contributed by atoms with Gasteiger partial charge in [-0.3, -0.25) is 4.79 Å². The molecule has 0 aromatic heterocycles. The molecule has 5 nitrogen and oxygen atoms in total. The molecule has 0 spiro atoms. The molecule has 1 aromatic carbocycles. The molecule has 134 valence electrons. The van der Waals surface area contributed by atoms with Crippen LogP contribution in [-0.4, -0.2) is 31.3 Å². The molecule has 24 heavy (non-hydrogen) atoms. The monoisotopic (exact) mass is 348 g/mol. The molecule has 0 fully saturated rings. The maximum Gasteiger partial charge on any atom is 0.422 e. The van der Waals surface area contributed by atoms with Gasteiger partial charge in [-0.05, 0) is 44.5 Å². The fourth-order valence-corrected chi connectivity index (χ4v) is 1.34. The van der Waals surface area contributed by atoms with Gasteiger partial charge in [-0.1, -0.05) is 6.92 Å². The number of halogens is 3. The van der Waals surface area contributed by atoms with E-state index in [1.54, 1.807) is 13.8 Å². The molecule has 0 bridgehead atoms. The first-order valence-electron chi connectivity index (χ1n) is 7.21. The van der Waals surface area contributed by atoms with Crippen LogP contribution in [0, 0.1) is 5.41 Å². The zero-order valence-corrected chi connectivity index (χ0v) is 13.6. The van der Waals surface area contributed by atoms with Crippen molar-refractivity contribution >= 4 is 11.9 Å². The average Bonchev–Trinajstić information content (AvgIpc) is 2.51. The Labute approximate surface area is 137 Å². The Morgan fingerprint density at radius 1 is 1.04 bits per heavy atom. The van der Waals surface area contributed by atoms with Crippen LogP contribution in [-0.2, 0) is 14.3 Å². The molecule has 0 heterocycles. The van der Waals surface area contributed by atoms with E-state index in [2.05, 4.69) is 4.74 Å². The van der Waals surface area contributed by atoms with Gasteiger partial charge in [-0.25, -0.2) is 4.79 Å². The first-order valence-corrected chi connectivity index (χ1v) is 7.21. The van der Waals surface area contributed by atoms with Crippen molar-refractivity contribution in [3.05, 3.63) is 24.3 Å². The number of benzene rings is 1. The maximum atomic E-state index is 11.9. The topological polar surface area (TPSA) is 61.8 Å². The van der Waals surface area contributed by atoms with Crippen LogP contribution >= 0.6 is 0 Å². The highest BCUT2D eigenvalue weighted by atomic mass is 19.4. The number of carbonyl (C=O) groups is 2. The smallest absolute Gasteiger partial charge is 0.422 e. The zero-order valence-electron chi connectivity index (χ0n) is 13.6. The number of hydrogen-bond acceptors (Lipinski definition) is 5. The van der Waals surface area contributed by atoms with E-state index in [0.717, 1.165) is 0 Å². The van der Waals surface area contributed by atoms with Crippen molar-refractivity contribution in [3.63, 3.8) is 0 Å².